The van der Waals surface area contributed by atoms with Crippen molar-refractivity contribution in [1.29, 1.82) is 0 Å². The molecule has 0 aliphatic heterocycles. The summed E-state index contributed by atoms with van der Waals surface area (Å²) in [4.78, 5) is 5.96. The largest absolute Gasteiger partial charge is 0.345 e. The Morgan fingerprint density at radius 2 is 2.04 bits per heavy atom. The Morgan fingerprint density at radius 1 is 1.21 bits per heavy atom. The summed E-state index contributed by atoms with van der Waals surface area (Å²) < 4.78 is 16.2. The first-order valence-corrected chi connectivity index (χ1v) is 9.89. The summed E-state index contributed by atoms with van der Waals surface area (Å²) in [5.41, 5.74) is 1.19. The molecule has 146 valence electrons. The van der Waals surface area contributed by atoms with E-state index in [0.29, 0.717) is 39.5 Å². The summed E-state index contributed by atoms with van der Waals surface area (Å²) in [5.74, 6) is -0.259. The fraction of sp³-hybridized carbons (Fsp3) is 0.200. The van der Waals surface area contributed by atoms with Gasteiger partial charge in [-0.15, -0.1) is 0 Å². The molecule has 8 heteroatoms. The maximum Gasteiger partial charge on any atom is 0.173 e. The molecule has 0 unspecified atom stereocenters. The number of nitrogens with zero attached hydrogens (tertiary/aromatic N) is 3. The van der Waals surface area contributed by atoms with Crippen LogP contribution < -0.4 is 5.32 Å². The number of nitrogens with one attached hydrogen (secondary N) is 1. The smallest absolute Gasteiger partial charge is 0.173 e. The second-order valence-corrected chi connectivity index (χ2v) is 7.45. The molecule has 3 aromatic rings. The van der Waals surface area contributed by atoms with Gasteiger partial charge in [-0.2, -0.15) is 0 Å². The molecule has 4 nitrogen and oxygen atoms in total. The summed E-state index contributed by atoms with van der Waals surface area (Å²) in [7, 11) is 0. The van der Waals surface area contributed by atoms with Crippen LogP contribution >= 0.6 is 35.4 Å². The van der Waals surface area contributed by atoms with Crippen LogP contribution in [0.3, 0.4) is 0 Å². The molecule has 0 bridgehead atoms. The van der Waals surface area contributed by atoms with Crippen LogP contribution in [0.4, 0.5) is 10.1 Å². The minimum absolute atomic E-state index is 0.259. The van der Waals surface area contributed by atoms with Gasteiger partial charge in [-0.3, -0.25) is 0 Å². The van der Waals surface area contributed by atoms with E-state index in [0.717, 1.165) is 13.0 Å². The van der Waals surface area contributed by atoms with Crippen LogP contribution in [0.15, 0.2) is 61.2 Å². The van der Waals surface area contributed by atoms with E-state index in [-0.39, 0.29) is 5.82 Å². The molecule has 0 saturated carbocycles. The topological polar surface area (TPSA) is 33.1 Å². The first kappa shape index (κ1) is 20.6. The third kappa shape index (κ3) is 5.67. The highest BCUT2D eigenvalue weighted by Crippen LogP contribution is 2.26. The molecular formula is C20H19Cl2FN4S. The fourth-order valence-electron chi connectivity index (χ4n) is 2.74. The van der Waals surface area contributed by atoms with E-state index in [1.807, 2.05) is 21.7 Å². The molecule has 0 saturated heterocycles. The van der Waals surface area contributed by atoms with Gasteiger partial charge >= 0.3 is 0 Å². The molecule has 3 rings (SSSR count). The van der Waals surface area contributed by atoms with Gasteiger partial charge < -0.3 is 14.8 Å². The van der Waals surface area contributed by atoms with Crippen LogP contribution in [0.1, 0.15) is 12.0 Å². The van der Waals surface area contributed by atoms with Gasteiger partial charge in [0.15, 0.2) is 5.11 Å². The van der Waals surface area contributed by atoms with Crippen LogP contribution in [0.25, 0.3) is 0 Å². The van der Waals surface area contributed by atoms with Gasteiger partial charge in [-0.1, -0.05) is 41.4 Å². The number of benzene rings is 2. The van der Waals surface area contributed by atoms with Gasteiger partial charge in [0.1, 0.15) is 5.82 Å². The van der Waals surface area contributed by atoms with Crippen molar-refractivity contribution in [2.75, 3.05) is 11.9 Å². The predicted molar refractivity (Wildman–Crippen MR) is 116 cm³/mol. The van der Waals surface area contributed by atoms with E-state index in [9.17, 15) is 4.39 Å². The number of hydrogen-bond donors (Lipinski definition) is 1. The third-order valence-corrected chi connectivity index (χ3v) is 5.10. The first-order chi connectivity index (χ1) is 13.5. The number of anilines is 1. The van der Waals surface area contributed by atoms with Gasteiger partial charge in [0, 0.05) is 42.6 Å². The standard InChI is InChI=1S/C20H19Cl2FN4S/c21-16-6-7-17(22)19(12-16)25-20(28)27(10-3-9-26-11-8-24-14-26)13-15-4-1-2-5-18(15)23/h1-2,4-8,11-12,14H,3,9-10,13H2,(H,25,28). The maximum atomic E-state index is 14.2. The molecule has 1 N–H and O–H groups in total. The molecule has 0 spiro atoms. The fourth-order valence-corrected chi connectivity index (χ4v) is 3.34. The number of hydrogen-bond acceptors (Lipinski definition) is 2. The minimum atomic E-state index is -0.259. The Kier molecular flexibility index (Phi) is 7.25. The third-order valence-electron chi connectivity index (χ3n) is 4.18. The molecule has 0 fully saturated rings. The first-order valence-electron chi connectivity index (χ1n) is 8.73. The SMILES string of the molecule is Fc1ccccc1CN(CCCn1ccnc1)C(=S)Nc1cc(Cl)ccc1Cl. The van der Waals surface area contributed by atoms with E-state index in [1.54, 1.807) is 42.9 Å². The highest BCUT2D eigenvalue weighted by atomic mass is 35.5. The second kappa shape index (κ2) is 9.87. The summed E-state index contributed by atoms with van der Waals surface area (Å²) >= 11 is 17.9. The molecule has 2 aromatic carbocycles. The molecular weight excluding hydrogens is 418 g/mol. The number of aromatic nitrogens is 2. The van der Waals surface area contributed by atoms with Crippen molar-refractivity contribution < 1.29 is 4.39 Å². The van der Waals surface area contributed by atoms with Gasteiger partial charge in [-0.05, 0) is 42.9 Å². The van der Waals surface area contributed by atoms with Gasteiger partial charge in [0.05, 0.1) is 17.0 Å². The molecule has 0 radical (unpaired) electrons. The second-order valence-electron chi connectivity index (χ2n) is 6.22. The van der Waals surface area contributed by atoms with Gasteiger partial charge in [0.25, 0.3) is 0 Å². The van der Waals surface area contributed by atoms with Crippen molar-refractivity contribution in [2.24, 2.45) is 0 Å². The minimum Gasteiger partial charge on any atom is -0.345 e. The van der Waals surface area contributed by atoms with Gasteiger partial charge in [-0.25, -0.2) is 9.37 Å². The van der Waals surface area contributed by atoms with E-state index >= 15 is 0 Å². The Morgan fingerprint density at radius 3 is 2.79 bits per heavy atom. The van der Waals surface area contributed by atoms with E-state index in [1.165, 1.54) is 6.07 Å². The normalized spacial score (nSPS) is 10.7. The van der Waals surface area contributed by atoms with Crippen LogP contribution in [0, 0.1) is 5.82 Å². The Hall–Kier alpha value is -2.15. The van der Waals surface area contributed by atoms with Crippen molar-refractivity contribution in [2.45, 2.75) is 19.5 Å². The lowest BCUT2D eigenvalue weighted by Gasteiger charge is -2.26. The monoisotopic (exact) mass is 436 g/mol. The maximum absolute atomic E-state index is 14.2. The average Bonchev–Trinajstić information content (AvgIpc) is 3.19. The summed E-state index contributed by atoms with van der Waals surface area (Å²) in [6, 6.07) is 11.8. The van der Waals surface area contributed by atoms with Crippen LogP contribution in [-0.2, 0) is 13.1 Å². The van der Waals surface area contributed by atoms with Crippen LogP contribution in [-0.4, -0.2) is 26.1 Å². The van der Waals surface area contributed by atoms with Crippen molar-refractivity contribution in [3.63, 3.8) is 0 Å². The molecule has 0 aliphatic carbocycles. The number of imidazole rings is 1. The quantitative estimate of drug-likeness (QED) is 0.487. The summed E-state index contributed by atoms with van der Waals surface area (Å²) in [5, 5.41) is 4.65. The lowest BCUT2D eigenvalue weighted by molar-refractivity contribution is 0.388. The van der Waals surface area contributed by atoms with Crippen molar-refractivity contribution in [1.82, 2.24) is 14.5 Å². The number of aryl methyl sites for hydroxylation is 1. The summed E-state index contributed by atoms with van der Waals surface area (Å²) in [6.07, 6.45) is 6.23. The highest BCUT2D eigenvalue weighted by Gasteiger charge is 2.14. The van der Waals surface area contributed by atoms with Crippen molar-refractivity contribution in [3.05, 3.63) is 82.6 Å². The van der Waals surface area contributed by atoms with E-state index in [4.69, 9.17) is 35.4 Å². The van der Waals surface area contributed by atoms with Gasteiger partial charge in [0.2, 0.25) is 0 Å². The zero-order valence-electron chi connectivity index (χ0n) is 15.0. The zero-order chi connectivity index (χ0) is 19.9. The van der Waals surface area contributed by atoms with Crippen LogP contribution in [0.5, 0.6) is 0 Å². The van der Waals surface area contributed by atoms with Crippen LogP contribution in [0.2, 0.25) is 10.0 Å². The van der Waals surface area contributed by atoms with Crippen molar-refractivity contribution in [3.8, 4) is 0 Å². The number of thiocarbonyl (C=S) groups is 1. The highest BCUT2D eigenvalue weighted by molar-refractivity contribution is 7.80. The lowest BCUT2D eigenvalue weighted by Crippen LogP contribution is -2.35. The van der Waals surface area contributed by atoms with E-state index < -0.39 is 0 Å². The molecule has 0 amide bonds. The number of halogens is 3. The molecule has 0 aliphatic rings. The van der Waals surface area contributed by atoms with E-state index in [2.05, 4.69) is 10.3 Å². The Labute approximate surface area is 178 Å². The number of rotatable bonds is 7. The Bertz CT molecular complexity index is 934. The molecule has 0 atom stereocenters. The molecule has 1 aromatic heterocycles. The van der Waals surface area contributed by atoms with Crippen molar-refractivity contribution >= 4 is 46.2 Å². The Balaban J connectivity index is 1.72. The zero-order valence-corrected chi connectivity index (χ0v) is 17.3. The molecule has 1 heterocycles. The molecule has 28 heavy (non-hydrogen) atoms. The average molecular weight is 437 g/mol. The lowest BCUT2D eigenvalue weighted by atomic mass is 10.2. The predicted octanol–water partition coefficient (Wildman–Crippen LogP) is 5.62. The summed E-state index contributed by atoms with van der Waals surface area (Å²) in [6.45, 7) is 1.77.